The molecule has 0 aliphatic carbocycles. The zero-order valence-electron chi connectivity index (χ0n) is 9.41. The van der Waals surface area contributed by atoms with Crippen LogP contribution >= 0.6 is 12.6 Å². The van der Waals surface area contributed by atoms with Gasteiger partial charge in [0, 0.05) is 17.9 Å². The lowest BCUT2D eigenvalue weighted by molar-refractivity contribution is -0.113. The van der Waals surface area contributed by atoms with E-state index < -0.39 is 12.0 Å². The Morgan fingerprint density at radius 1 is 1.59 bits per heavy atom. The summed E-state index contributed by atoms with van der Waals surface area (Å²) < 4.78 is 4.95. The molecule has 2 N–H and O–H groups in total. The Morgan fingerprint density at radius 2 is 2.29 bits per heavy atom. The number of likely N-dealkylation sites (tertiary alicyclic amines) is 1. The summed E-state index contributed by atoms with van der Waals surface area (Å²) in [6.45, 7) is 4.13. The molecule has 1 aliphatic rings. The highest BCUT2D eigenvalue weighted by Gasteiger charge is 2.32. The second-order valence-corrected chi connectivity index (χ2v) is 4.47. The van der Waals surface area contributed by atoms with Gasteiger partial charge in [0.2, 0.25) is 5.91 Å². The third-order valence-corrected chi connectivity index (χ3v) is 2.74. The molecule has 0 aromatic heterocycles. The quantitative estimate of drug-likeness (QED) is 0.442. The van der Waals surface area contributed by atoms with Crippen LogP contribution in [0.15, 0.2) is 24.8 Å². The predicted octanol–water partition coefficient (Wildman–Crippen LogP) is 0.723. The molecule has 1 heterocycles. The van der Waals surface area contributed by atoms with Gasteiger partial charge in [0.25, 0.3) is 0 Å². The molecule has 2 amide bonds. The first-order chi connectivity index (χ1) is 8.04. The lowest BCUT2D eigenvalue weighted by Gasteiger charge is -2.20. The first-order valence-corrected chi connectivity index (χ1v) is 5.76. The van der Waals surface area contributed by atoms with E-state index in [1.165, 1.54) is 17.1 Å². The largest absolute Gasteiger partial charge is 0.445 e. The van der Waals surface area contributed by atoms with E-state index in [2.05, 4.69) is 19.2 Å². The van der Waals surface area contributed by atoms with Crippen LogP contribution in [-0.2, 0) is 9.53 Å². The van der Waals surface area contributed by atoms with Crippen LogP contribution in [0.1, 0.15) is 6.42 Å². The molecule has 0 aromatic carbocycles. The highest BCUT2D eigenvalue weighted by Crippen LogP contribution is 2.23. The molecule has 0 unspecified atom stereocenters. The number of hydrogen-bond donors (Lipinski definition) is 2. The number of carbonyl (C=O) groups is 2. The summed E-state index contributed by atoms with van der Waals surface area (Å²) in [4.78, 5) is 23.9. The van der Waals surface area contributed by atoms with Gasteiger partial charge >= 0.3 is 6.09 Å². The molecule has 1 aliphatic heterocycles. The molecular weight excluding hydrogens is 240 g/mol. The summed E-state index contributed by atoms with van der Waals surface area (Å²) in [6.07, 6.45) is 4.61. The predicted molar refractivity (Wildman–Crippen MR) is 67.8 cm³/mol. The standard InChI is InChI=1S/C11H16N2O3S/c1-2-5-16-11(15)13-7-9(17)6-8(13)3-4-10(12)14/h2-4,8-9,17H,1,5-7H2,(H2,12,14)/b4-3-/t8-,9+/m1/s1. The maximum atomic E-state index is 11.7. The van der Waals surface area contributed by atoms with Gasteiger partial charge in [-0.1, -0.05) is 18.7 Å². The molecule has 1 fully saturated rings. The van der Waals surface area contributed by atoms with Gasteiger partial charge in [0.1, 0.15) is 6.61 Å². The summed E-state index contributed by atoms with van der Waals surface area (Å²) in [7, 11) is 0. The van der Waals surface area contributed by atoms with E-state index in [0.29, 0.717) is 13.0 Å². The minimum Gasteiger partial charge on any atom is -0.445 e. The molecule has 0 aromatic rings. The average molecular weight is 256 g/mol. The number of ether oxygens (including phenoxy) is 1. The molecule has 1 rings (SSSR count). The van der Waals surface area contributed by atoms with Crippen molar-refractivity contribution < 1.29 is 14.3 Å². The highest BCUT2D eigenvalue weighted by atomic mass is 32.1. The molecule has 2 atom stereocenters. The Morgan fingerprint density at radius 3 is 2.88 bits per heavy atom. The summed E-state index contributed by atoms with van der Waals surface area (Å²) in [5.74, 6) is -0.535. The highest BCUT2D eigenvalue weighted by molar-refractivity contribution is 7.81. The number of rotatable bonds is 4. The zero-order valence-corrected chi connectivity index (χ0v) is 10.3. The monoisotopic (exact) mass is 256 g/mol. The minimum absolute atomic E-state index is 0.0776. The Labute approximate surface area is 106 Å². The third-order valence-electron chi connectivity index (χ3n) is 2.36. The van der Waals surface area contributed by atoms with E-state index in [0.717, 1.165) is 0 Å². The van der Waals surface area contributed by atoms with Crippen molar-refractivity contribution in [3.05, 3.63) is 24.8 Å². The fourth-order valence-electron chi connectivity index (χ4n) is 1.65. The fraction of sp³-hybridized carbons (Fsp3) is 0.455. The maximum absolute atomic E-state index is 11.7. The average Bonchev–Trinajstić information content (AvgIpc) is 2.64. The number of primary amides is 1. The van der Waals surface area contributed by atoms with E-state index in [9.17, 15) is 9.59 Å². The van der Waals surface area contributed by atoms with Crippen molar-refractivity contribution >= 4 is 24.6 Å². The smallest absolute Gasteiger partial charge is 0.410 e. The molecule has 0 saturated carbocycles. The zero-order chi connectivity index (χ0) is 12.8. The van der Waals surface area contributed by atoms with E-state index in [4.69, 9.17) is 10.5 Å². The van der Waals surface area contributed by atoms with Crippen LogP contribution in [0, 0.1) is 0 Å². The first-order valence-electron chi connectivity index (χ1n) is 5.24. The summed E-state index contributed by atoms with van der Waals surface area (Å²) in [5, 5.41) is 0.0776. The summed E-state index contributed by atoms with van der Waals surface area (Å²) in [5.41, 5.74) is 5.01. The summed E-state index contributed by atoms with van der Waals surface area (Å²) in [6, 6.07) is -0.192. The fourth-order valence-corrected chi connectivity index (χ4v) is 2.05. The Balaban J connectivity index is 2.64. The molecular formula is C11H16N2O3S. The molecule has 6 heteroatoms. The van der Waals surface area contributed by atoms with Gasteiger partial charge in [-0.2, -0.15) is 12.6 Å². The van der Waals surface area contributed by atoms with Gasteiger partial charge in [0.15, 0.2) is 0 Å². The Kier molecular flexibility index (Phi) is 5.09. The number of thiol groups is 1. The van der Waals surface area contributed by atoms with Gasteiger partial charge in [-0.3, -0.25) is 4.79 Å². The van der Waals surface area contributed by atoms with Gasteiger partial charge in [-0.25, -0.2) is 4.79 Å². The van der Waals surface area contributed by atoms with Crippen LogP contribution in [0.2, 0.25) is 0 Å². The van der Waals surface area contributed by atoms with Gasteiger partial charge in [0.05, 0.1) is 6.04 Å². The first kappa shape index (κ1) is 13.6. The van der Waals surface area contributed by atoms with Crippen LogP contribution in [-0.4, -0.2) is 41.3 Å². The van der Waals surface area contributed by atoms with Crippen molar-refractivity contribution in [3.63, 3.8) is 0 Å². The van der Waals surface area contributed by atoms with Crippen LogP contribution in [0.4, 0.5) is 4.79 Å². The molecule has 0 spiro atoms. The maximum Gasteiger partial charge on any atom is 0.410 e. The van der Waals surface area contributed by atoms with Crippen LogP contribution in [0.3, 0.4) is 0 Å². The van der Waals surface area contributed by atoms with Gasteiger partial charge in [-0.05, 0) is 6.42 Å². The van der Waals surface area contributed by atoms with Crippen molar-refractivity contribution in [2.24, 2.45) is 5.73 Å². The van der Waals surface area contributed by atoms with E-state index >= 15 is 0 Å². The van der Waals surface area contributed by atoms with E-state index in [1.807, 2.05) is 0 Å². The minimum atomic E-state index is -0.535. The van der Waals surface area contributed by atoms with Gasteiger partial charge in [-0.15, -0.1) is 0 Å². The molecule has 5 nitrogen and oxygen atoms in total. The van der Waals surface area contributed by atoms with Gasteiger partial charge < -0.3 is 15.4 Å². The number of nitrogens with two attached hydrogens (primary N) is 1. The van der Waals surface area contributed by atoms with Crippen LogP contribution < -0.4 is 5.73 Å². The van der Waals surface area contributed by atoms with E-state index in [-0.39, 0.29) is 17.9 Å². The van der Waals surface area contributed by atoms with Crippen molar-refractivity contribution in [2.75, 3.05) is 13.2 Å². The van der Waals surface area contributed by atoms with Crippen molar-refractivity contribution in [1.29, 1.82) is 0 Å². The normalized spacial score (nSPS) is 23.9. The third kappa shape index (κ3) is 4.14. The lowest BCUT2D eigenvalue weighted by Crippen LogP contribution is -2.35. The second kappa shape index (κ2) is 6.34. The molecule has 1 saturated heterocycles. The molecule has 0 radical (unpaired) electrons. The van der Waals surface area contributed by atoms with Crippen molar-refractivity contribution in [1.82, 2.24) is 4.90 Å². The molecule has 94 valence electrons. The SMILES string of the molecule is C=CCOC(=O)N1C[C@@H](S)C[C@H]1/C=C\C(N)=O. The van der Waals surface area contributed by atoms with Crippen molar-refractivity contribution in [3.8, 4) is 0 Å². The van der Waals surface area contributed by atoms with Crippen LogP contribution in [0.25, 0.3) is 0 Å². The Bertz CT molecular complexity index is 344. The second-order valence-electron chi connectivity index (χ2n) is 3.74. The number of carbonyl (C=O) groups excluding carboxylic acids is 2. The number of nitrogens with zero attached hydrogens (tertiary/aromatic N) is 1. The van der Waals surface area contributed by atoms with Crippen LogP contribution in [0.5, 0.6) is 0 Å². The number of hydrogen-bond acceptors (Lipinski definition) is 4. The van der Waals surface area contributed by atoms with E-state index in [1.54, 1.807) is 6.08 Å². The summed E-state index contributed by atoms with van der Waals surface area (Å²) >= 11 is 4.32. The Hall–Kier alpha value is -1.43. The molecule has 0 bridgehead atoms. The topological polar surface area (TPSA) is 72.6 Å². The number of amides is 2. The van der Waals surface area contributed by atoms with Crippen molar-refractivity contribution in [2.45, 2.75) is 17.7 Å². The lowest BCUT2D eigenvalue weighted by atomic mass is 10.2. The molecule has 17 heavy (non-hydrogen) atoms.